The van der Waals surface area contributed by atoms with Crippen molar-refractivity contribution in [3.63, 3.8) is 0 Å². The molecule has 1 aliphatic heterocycles. The maximum Gasteiger partial charge on any atom is 0.337 e. The molecule has 0 saturated carbocycles. The third kappa shape index (κ3) is 1.59. The molecule has 0 fully saturated rings. The van der Waals surface area contributed by atoms with Crippen LogP contribution in [0.15, 0.2) is 23.7 Å². The molecule has 4 nitrogen and oxygen atoms in total. The lowest BCUT2D eigenvalue weighted by atomic mass is 10.1. The largest absolute Gasteiger partial charge is 0.465 e. The van der Waals surface area contributed by atoms with Gasteiger partial charge in [0.15, 0.2) is 0 Å². The molecule has 1 aromatic carbocycles. The van der Waals surface area contributed by atoms with Crippen LogP contribution in [0.1, 0.15) is 15.9 Å². The fraction of sp³-hybridized carbons (Fsp3) is 0.154. The van der Waals surface area contributed by atoms with Crippen LogP contribution in [0, 0.1) is 0 Å². The van der Waals surface area contributed by atoms with Gasteiger partial charge in [0.05, 0.1) is 18.4 Å². The first-order valence-electron chi connectivity index (χ1n) is 5.51. The third-order valence-corrected chi connectivity index (χ3v) is 3.79. The molecule has 0 amide bonds. The minimum absolute atomic E-state index is 0.320. The van der Waals surface area contributed by atoms with E-state index in [0.717, 1.165) is 22.2 Å². The van der Waals surface area contributed by atoms with E-state index >= 15 is 0 Å². The monoisotopic (exact) mass is 260 g/mol. The molecular formula is C13H12N2O2S. The van der Waals surface area contributed by atoms with Gasteiger partial charge in [0.25, 0.3) is 0 Å². The smallest absolute Gasteiger partial charge is 0.337 e. The molecule has 0 spiro atoms. The van der Waals surface area contributed by atoms with Crippen molar-refractivity contribution in [2.75, 3.05) is 18.5 Å². The Balaban J connectivity index is 2.31. The summed E-state index contributed by atoms with van der Waals surface area (Å²) < 4.78 is 6.82. The van der Waals surface area contributed by atoms with E-state index in [1.807, 2.05) is 35.1 Å². The van der Waals surface area contributed by atoms with Crippen LogP contribution in [-0.2, 0) is 4.74 Å². The quantitative estimate of drug-likeness (QED) is 0.632. The molecule has 2 aromatic rings. The first-order chi connectivity index (χ1) is 8.70. The summed E-state index contributed by atoms with van der Waals surface area (Å²) in [6.45, 7) is 0. The fourth-order valence-corrected chi connectivity index (χ4v) is 2.79. The lowest BCUT2D eigenvalue weighted by Gasteiger charge is -2.16. The number of hydrogen-bond donors (Lipinski definition) is 1. The highest BCUT2D eigenvalue weighted by Crippen LogP contribution is 2.37. The lowest BCUT2D eigenvalue weighted by Crippen LogP contribution is -2.07. The fourth-order valence-electron chi connectivity index (χ4n) is 2.14. The topological polar surface area (TPSA) is 45.3 Å². The van der Waals surface area contributed by atoms with Crippen LogP contribution in [0.3, 0.4) is 0 Å². The zero-order chi connectivity index (χ0) is 12.7. The number of anilines is 1. The minimum atomic E-state index is -0.320. The number of esters is 1. The molecule has 1 aromatic heterocycles. The van der Waals surface area contributed by atoms with Crippen LogP contribution in [0.4, 0.5) is 5.69 Å². The van der Waals surface area contributed by atoms with Crippen LogP contribution in [-0.4, -0.2) is 25.1 Å². The number of aromatic nitrogens is 1. The van der Waals surface area contributed by atoms with Gasteiger partial charge in [-0.1, -0.05) is 0 Å². The van der Waals surface area contributed by atoms with Crippen LogP contribution in [0.5, 0.6) is 0 Å². The number of methoxy groups -OCH3 is 1. The van der Waals surface area contributed by atoms with Gasteiger partial charge in [-0.05, 0) is 35.6 Å². The number of ether oxygens (including phenoxy) is 1. The van der Waals surface area contributed by atoms with Crippen molar-refractivity contribution in [3.05, 3.63) is 34.9 Å². The van der Waals surface area contributed by atoms with Gasteiger partial charge in [0.2, 0.25) is 0 Å². The van der Waals surface area contributed by atoms with Crippen LogP contribution in [0.2, 0.25) is 0 Å². The van der Waals surface area contributed by atoms with Crippen LogP contribution >= 0.6 is 11.9 Å². The van der Waals surface area contributed by atoms with Crippen LogP contribution in [0.25, 0.3) is 17.0 Å². The predicted molar refractivity (Wildman–Crippen MR) is 74.7 cm³/mol. The van der Waals surface area contributed by atoms with Gasteiger partial charge >= 0.3 is 5.97 Å². The summed E-state index contributed by atoms with van der Waals surface area (Å²) in [6.07, 6.45) is 4.01. The van der Waals surface area contributed by atoms with Crippen LogP contribution < -0.4 is 4.31 Å². The van der Waals surface area contributed by atoms with Gasteiger partial charge in [-0.25, -0.2) is 4.79 Å². The Kier molecular flexibility index (Phi) is 2.56. The van der Waals surface area contributed by atoms with E-state index in [1.54, 1.807) is 11.9 Å². The summed E-state index contributed by atoms with van der Waals surface area (Å²) in [4.78, 5) is 14.9. The van der Waals surface area contributed by atoms with E-state index in [-0.39, 0.29) is 5.97 Å². The Labute approximate surface area is 109 Å². The zero-order valence-electron chi connectivity index (χ0n) is 10.1. The highest BCUT2D eigenvalue weighted by atomic mass is 32.2. The summed E-state index contributed by atoms with van der Waals surface area (Å²) in [5.41, 5.74) is 3.65. The summed E-state index contributed by atoms with van der Waals surface area (Å²) in [5, 5.41) is 3.16. The van der Waals surface area contributed by atoms with Crippen molar-refractivity contribution in [2.45, 2.75) is 0 Å². The SMILES string of the molecule is COC(=O)c1cc2c3c(c[nH]c3c1)C=CSN2C. The van der Waals surface area contributed by atoms with E-state index in [2.05, 4.69) is 11.1 Å². The second kappa shape index (κ2) is 4.10. The molecule has 1 N–H and O–H groups in total. The number of benzene rings is 1. The average molecular weight is 260 g/mol. The first-order valence-corrected chi connectivity index (χ1v) is 6.35. The van der Waals surface area contributed by atoms with E-state index in [0.29, 0.717) is 5.56 Å². The Bertz CT molecular complexity index is 660. The Morgan fingerprint density at radius 2 is 2.28 bits per heavy atom. The van der Waals surface area contributed by atoms with Gasteiger partial charge in [0, 0.05) is 29.7 Å². The molecule has 0 saturated heterocycles. The molecule has 92 valence electrons. The lowest BCUT2D eigenvalue weighted by molar-refractivity contribution is 0.0601. The highest BCUT2D eigenvalue weighted by molar-refractivity contribution is 8.03. The van der Waals surface area contributed by atoms with Gasteiger partial charge in [-0.3, -0.25) is 0 Å². The molecule has 0 unspecified atom stereocenters. The summed E-state index contributed by atoms with van der Waals surface area (Å²) in [5.74, 6) is -0.320. The molecule has 5 heteroatoms. The number of H-pyrrole nitrogens is 1. The van der Waals surface area contributed by atoms with Gasteiger partial charge in [0.1, 0.15) is 0 Å². The molecule has 0 bridgehead atoms. The Morgan fingerprint density at radius 1 is 1.44 bits per heavy atom. The van der Waals surface area contributed by atoms with Gasteiger partial charge in [-0.15, -0.1) is 0 Å². The molecule has 18 heavy (non-hydrogen) atoms. The number of rotatable bonds is 1. The summed E-state index contributed by atoms with van der Waals surface area (Å²) >= 11 is 1.59. The molecule has 0 aliphatic carbocycles. The number of aromatic amines is 1. The van der Waals surface area contributed by atoms with Gasteiger partial charge < -0.3 is 14.0 Å². The third-order valence-electron chi connectivity index (χ3n) is 3.02. The Morgan fingerprint density at radius 3 is 3.06 bits per heavy atom. The highest BCUT2D eigenvalue weighted by Gasteiger charge is 2.17. The van der Waals surface area contributed by atoms with Gasteiger partial charge in [-0.2, -0.15) is 0 Å². The summed E-state index contributed by atoms with van der Waals surface area (Å²) in [7, 11) is 3.37. The molecule has 2 heterocycles. The van der Waals surface area contributed by atoms with E-state index < -0.39 is 0 Å². The van der Waals surface area contributed by atoms with Crippen molar-refractivity contribution in [1.29, 1.82) is 0 Å². The predicted octanol–water partition coefficient (Wildman–Crippen LogP) is 3.02. The number of carbonyl (C=O) groups excluding carboxylic acids is 1. The second-order valence-corrected chi connectivity index (χ2v) is 5.09. The molecule has 1 aliphatic rings. The average Bonchev–Trinajstić information content (AvgIpc) is 2.72. The summed E-state index contributed by atoms with van der Waals surface area (Å²) in [6, 6.07) is 3.69. The molecular weight excluding hydrogens is 248 g/mol. The maximum absolute atomic E-state index is 11.7. The van der Waals surface area contributed by atoms with Crippen molar-refractivity contribution in [3.8, 4) is 0 Å². The van der Waals surface area contributed by atoms with E-state index in [9.17, 15) is 4.79 Å². The van der Waals surface area contributed by atoms with Crippen molar-refractivity contribution in [1.82, 2.24) is 4.98 Å². The zero-order valence-corrected chi connectivity index (χ0v) is 10.9. The molecule has 3 rings (SSSR count). The number of nitrogens with one attached hydrogen (secondary N) is 1. The van der Waals surface area contributed by atoms with E-state index in [1.165, 1.54) is 7.11 Å². The normalized spacial score (nSPS) is 13.8. The maximum atomic E-state index is 11.7. The van der Waals surface area contributed by atoms with Crippen molar-refractivity contribution in [2.24, 2.45) is 0 Å². The number of nitrogens with zero attached hydrogens (tertiary/aromatic N) is 1. The van der Waals surface area contributed by atoms with E-state index in [4.69, 9.17) is 4.74 Å². The molecule has 0 atom stereocenters. The standard InChI is InChI=1S/C13H12N2O2S/c1-15-11-6-9(13(16)17-2)5-10-12(11)8(7-14-10)3-4-18-15/h3-7,14H,1-2H3. The van der Waals surface area contributed by atoms with Crippen molar-refractivity contribution < 1.29 is 9.53 Å². The first kappa shape index (κ1) is 11.2. The molecule has 0 radical (unpaired) electrons. The Hall–Kier alpha value is -1.88. The minimum Gasteiger partial charge on any atom is -0.465 e. The van der Waals surface area contributed by atoms with Crippen molar-refractivity contribution >= 4 is 40.6 Å². The number of carbonyl (C=O) groups is 1. The second-order valence-electron chi connectivity index (χ2n) is 4.06. The number of hydrogen-bond acceptors (Lipinski definition) is 4.